The number of aryl methyl sites for hydroxylation is 1. The Hall–Kier alpha value is -3.04. The number of benzene rings is 4. The van der Waals surface area contributed by atoms with E-state index in [9.17, 15) is 8.78 Å². The molecule has 0 fully saturated rings. The fourth-order valence-electron chi connectivity index (χ4n) is 3.61. The van der Waals surface area contributed by atoms with Gasteiger partial charge < -0.3 is 0 Å². The summed E-state index contributed by atoms with van der Waals surface area (Å²) in [6, 6.07) is 17.4. The van der Waals surface area contributed by atoms with Crippen molar-refractivity contribution < 1.29 is 13.2 Å². The Balaban J connectivity index is 1.77. The van der Waals surface area contributed by atoms with Gasteiger partial charge >= 0.3 is 0 Å². The van der Waals surface area contributed by atoms with Crippen LogP contribution in [0.5, 0.6) is 0 Å². The lowest BCUT2D eigenvalue weighted by molar-refractivity contribution is 0.590. The van der Waals surface area contributed by atoms with Crippen molar-refractivity contribution in [3.8, 4) is 22.3 Å². The third-order valence-corrected chi connectivity index (χ3v) is 5.39. The molecular weight excluding hydrogens is 405 g/mol. The average molecular weight is 423 g/mol. The quantitative estimate of drug-likeness (QED) is 0.283. The maximum Gasteiger partial charge on any atom is 0.138 e. The molecular formula is C26H18ClF3. The fourth-order valence-corrected chi connectivity index (χ4v) is 3.74. The molecule has 0 bridgehead atoms. The zero-order valence-corrected chi connectivity index (χ0v) is 16.8. The lowest BCUT2D eigenvalue weighted by atomic mass is 9.95. The zero-order valence-electron chi connectivity index (χ0n) is 16.1. The summed E-state index contributed by atoms with van der Waals surface area (Å²) in [4.78, 5) is 0. The summed E-state index contributed by atoms with van der Waals surface area (Å²) < 4.78 is 44.8. The van der Waals surface area contributed by atoms with E-state index < -0.39 is 17.5 Å². The van der Waals surface area contributed by atoms with Gasteiger partial charge in [-0.05, 0) is 59.2 Å². The predicted octanol–water partition coefficient (Wildman–Crippen LogP) is 8.36. The van der Waals surface area contributed by atoms with Crippen molar-refractivity contribution in [1.82, 2.24) is 0 Å². The molecule has 0 spiro atoms. The second-order valence-corrected chi connectivity index (χ2v) is 7.57. The van der Waals surface area contributed by atoms with Crippen LogP contribution in [0.25, 0.3) is 33.0 Å². The molecule has 30 heavy (non-hydrogen) atoms. The number of allylic oxidation sites excluding steroid dienone is 1. The van der Waals surface area contributed by atoms with Crippen LogP contribution in [0, 0.1) is 17.5 Å². The van der Waals surface area contributed by atoms with E-state index in [-0.39, 0.29) is 16.7 Å². The highest BCUT2D eigenvalue weighted by atomic mass is 35.5. The molecule has 0 aliphatic carbocycles. The van der Waals surface area contributed by atoms with E-state index in [0.717, 1.165) is 35.9 Å². The first-order valence-electron chi connectivity index (χ1n) is 9.55. The molecule has 0 atom stereocenters. The van der Waals surface area contributed by atoms with Gasteiger partial charge in [0.25, 0.3) is 0 Å². The Bertz CT molecular complexity index is 1220. The van der Waals surface area contributed by atoms with E-state index in [1.54, 1.807) is 42.5 Å². The van der Waals surface area contributed by atoms with Gasteiger partial charge in [0.2, 0.25) is 0 Å². The van der Waals surface area contributed by atoms with Gasteiger partial charge in [-0.25, -0.2) is 13.2 Å². The second-order valence-electron chi connectivity index (χ2n) is 7.13. The van der Waals surface area contributed by atoms with Gasteiger partial charge in [0.1, 0.15) is 17.5 Å². The van der Waals surface area contributed by atoms with Gasteiger partial charge in [-0.3, -0.25) is 0 Å². The predicted molar refractivity (Wildman–Crippen MR) is 118 cm³/mol. The summed E-state index contributed by atoms with van der Waals surface area (Å²) in [6.45, 7) is 3.71. The molecule has 4 aromatic carbocycles. The molecule has 0 aliphatic rings. The average Bonchev–Trinajstić information content (AvgIpc) is 2.73. The van der Waals surface area contributed by atoms with E-state index in [0.29, 0.717) is 16.0 Å². The summed E-state index contributed by atoms with van der Waals surface area (Å²) in [5.74, 6) is -2.01. The molecule has 0 nitrogen and oxygen atoms in total. The van der Waals surface area contributed by atoms with Crippen LogP contribution in [-0.2, 0) is 6.42 Å². The van der Waals surface area contributed by atoms with Crippen molar-refractivity contribution in [2.75, 3.05) is 0 Å². The van der Waals surface area contributed by atoms with Gasteiger partial charge in [0.15, 0.2) is 0 Å². The Labute approximate surface area is 178 Å². The Morgan fingerprint density at radius 2 is 1.50 bits per heavy atom. The maximum absolute atomic E-state index is 15.2. The fraction of sp³-hybridized carbons (Fsp3) is 0.0769. The van der Waals surface area contributed by atoms with E-state index in [1.807, 2.05) is 18.2 Å². The number of hydrogen-bond acceptors (Lipinski definition) is 0. The van der Waals surface area contributed by atoms with Gasteiger partial charge in [-0.1, -0.05) is 60.1 Å². The number of hydrogen-bond donors (Lipinski definition) is 0. The third kappa shape index (κ3) is 3.86. The standard InChI is InChI=1S/C26H18ClF3/c1-2-3-4-16-5-11-21-18(13-16)8-12-22(26(21)30)19-14-23(28)25(24(29)15-19)17-6-9-20(27)10-7-17/h2,5-15H,1,3-4H2. The van der Waals surface area contributed by atoms with E-state index in [1.165, 1.54) is 0 Å². The first-order valence-corrected chi connectivity index (χ1v) is 9.93. The minimum Gasteiger partial charge on any atom is -0.206 e. The van der Waals surface area contributed by atoms with Gasteiger partial charge in [-0.15, -0.1) is 6.58 Å². The molecule has 0 aliphatic heterocycles. The topological polar surface area (TPSA) is 0 Å². The van der Waals surface area contributed by atoms with Crippen LogP contribution in [0.1, 0.15) is 12.0 Å². The first-order chi connectivity index (χ1) is 14.5. The highest BCUT2D eigenvalue weighted by molar-refractivity contribution is 6.30. The largest absolute Gasteiger partial charge is 0.206 e. The summed E-state index contributed by atoms with van der Waals surface area (Å²) in [5, 5.41) is 1.64. The second kappa shape index (κ2) is 8.37. The smallest absolute Gasteiger partial charge is 0.138 e. The molecule has 0 aromatic heterocycles. The Morgan fingerprint density at radius 1 is 0.800 bits per heavy atom. The van der Waals surface area contributed by atoms with Crippen LogP contribution in [-0.4, -0.2) is 0 Å². The van der Waals surface area contributed by atoms with Crippen LogP contribution in [0.4, 0.5) is 13.2 Å². The van der Waals surface area contributed by atoms with Crippen LogP contribution < -0.4 is 0 Å². The minimum atomic E-state index is -0.758. The first kappa shape index (κ1) is 20.2. The molecule has 150 valence electrons. The Morgan fingerprint density at radius 3 is 2.17 bits per heavy atom. The van der Waals surface area contributed by atoms with E-state index >= 15 is 4.39 Å². The highest BCUT2D eigenvalue weighted by Gasteiger charge is 2.17. The summed E-state index contributed by atoms with van der Waals surface area (Å²) in [7, 11) is 0. The highest BCUT2D eigenvalue weighted by Crippen LogP contribution is 2.34. The molecule has 0 unspecified atom stereocenters. The van der Waals surface area contributed by atoms with Crippen molar-refractivity contribution in [3.63, 3.8) is 0 Å². The molecule has 0 N–H and O–H groups in total. The molecule has 0 saturated carbocycles. The lowest BCUT2D eigenvalue weighted by Gasteiger charge is -2.11. The third-order valence-electron chi connectivity index (χ3n) is 5.14. The van der Waals surface area contributed by atoms with Gasteiger partial charge in [-0.2, -0.15) is 0 Å². The number of fused-ring (bicyclic) bond motifs is 1. The lowest BCUT2D eigenvalue weighted by Crippen LogP contribution is -1.94. The van der Waals surface area contributed by atoms with Crippen LogP contribution in [0.3, 0.4) is 0 Å². The van der Waals surface area contributed by atoms with E-state index in [4.69, 9.17) is 11.6 Å². The molecule has 4 heteroatoms. The van der Waals surface area contributed by atoms with Crippen molar-refractivity contribution >= 4 is 22.4 Å². The van der Waals surface area contributed by atoms with Gasteiger partial charge in [0.05, 0.1) is 5.56 Å². The van der Waals surface area contributed by atoms with Gasteiger partial charge in [0, 0.05) is 16.0 Å². The van der Waals surface area contributed by atoms with Crippen molar-refractivity contribution in [3.05, 3.63) is 107 Å². The molecule has 4 rings (SSSR count). The number of halogens is 4. The van der Waals surface area contributed by atoms with Crippen LogP contribution in [0.2, 0.25) is 5.02 Å². The maximum atomic E-state index is 15.2. The zero-order chi connectivity index (χ0) is 21.3. The Kier molecular flexibility index (Phi) is 5.65. The summed E-state index contributed by atoms with van der Waals surface area (Å²) in [5.41, 5.74) is 1.59. The van der Waals surface area contributed by atoms with Crippen LogP contribution in [0.15, 0.2) is 79.4 Å². The van der Waals surface area contributed by atoms with Crippen molar-refractivity contribution in [1.29, 1.82) is 0 Å². The number of rotatable bonds is 5. The minimum absolute atomic E-state index is 0.151. The van der Waals surface area contributed by atoms with Crippen molar-refractivity contribution in [2.45, 2.75) is 12.8 Å². The van der Waals surface area contributed by atoms with Crippen LogP contribution >= 0.6 is 11.6 Å². The molecule has 0 amide bonds. The molecule has 0 radical (unpaired) electrons. The molecule has 0 saturated heterocycles. The SMILES string of the molecule is C=CCCc1ccc2c(F)c(-c3cc(F)c(-c4ccc(Cl)cc4)c(F)c3)ccc2c1. The monoisotopic (exact) mass is 422 g/mol. The summed E-state index contributed by atoms with van der Waals surface area (Å²) >= 11 is 5.85. The molecule has 4 aromatic rings. The van der Waals surface area contributed by atoms with Crippen molar-refractivity contribution in [2.24, 2.45) is 0 Å². The van der Waals surface area contributed by atoms with E-state index in [2.05, 4.69) is 6.58 Å². The normalized spacial score (nSPS) is 11.1. The summed E-state index contributed by atoms with van der Waals surface area (Å²) in [6.07, 6.45) is 3.50. The molecule has 0 heterocycles.